The van der Waals surface area contributed by atoms with Crippen molar-refractivity contribution in [2.45, 2.75) is 31.7 Å². The molecule has 0 aliphatic carbocycles. The van der Waals surface area contributed by atoms with E-state index in [0.29, 0.717) is 5.56 Å². The van der Waals surface area contributed by atoms with Crippen molar-refractivity contribution in [3.05, 3.63) is 30.0 Å². The molecule has 5 N–H and O–H groups in total. The van der Waals surface area contributed by atoms with E-state index in [1.54, 1.807) is 18.3 Å². The average molecular weight is 334 g/mol. The summed E-state index contributed by atoms with van der Waals surface area (Å²) in [6.45, 7) is 0. The smallest absolute Gasteiger partial charge is 0.330 e. The van der Waals surface area contributed by atoms with Crippen LogP contribution in [0.2, 0.25) is 0 Å². The summed E-state index contributed by atoms with van der Waals surface area (Å²) in [7, 11) is 0. The van der Waals surface area contributed by atoms with Gasteiger partial charge in [0.2, 0.25) is 0 Å². The van der Waals surface area contributed by atoms with E-state index in [1.807, 2.05) is 0 Å². The quantitative estimate of drug-likeness (QED) is 0.438. The van der Waals surface area contributed by atoms with Crippen molar-refractivity contribution in [2.75, 3.05) is 0 Å². The standard InChI is InChI=1S/C16H18N2O6/c17-12(16(23)24-15(22)3-1-2-14(20)21)6-9-8-18-13-5-4-10(19)7-11(9)13/h4-5,7-8,12,18-19H,1-3,6,17H2,(H,20,21). The number of fused-ring (bicyclic) bond motifs is 1. The number of hydrogen-bond donors (Lipinski definition) is 4. The first-order valence-electron chi connectivity index (χ1n) is 7.37. The van der Waals surface area contributed by atoms with Crippen molar-refractivity contribution in [1.82, 2.24) is 4.98 Å². The molecule has 128 valence electrons. The van der Waals surface area contributed by atoms with Gasteiger partial charge in [-0.25, -0.2) is 4.79 Å². The van der Waals surface area contributed by atoms with Crippen LogP contribution in [-0.2, 0) is 25.5 Å². The number of esters is 2. The number of carboxylic acid groups (broad SMARTS) is 1. The Labute approximate surface area is 137 Å². The fourth-order valence-corrected chi connectivity index (χ4v) is 2.28. The number of H-pyrrole nitrogens is 1. The molecule has 1 heterocycles. The van der Waals surface area contributed by atoms with Gasteiger partial charge in [0.1, 0.15) is 11.8 Å². The van der Waals surface area contributed by atoms with Crippen molar-refractivity contribution in [2.24, 2.45) is 5.73 Å². The summed E-state index contributed by atoms with van der Waals surface area (Å²) in [6.07, 6.45) is 1.56. The van der Waals surface area contributed by atoms with Gasteiger partial charge >= 0.3 is 17.9 Å². The summed E-state index contributed by atoms with van der Waals surface area (Å²) in [5, 5.41) is 18.7. The topological polar surface area (TPSA) is 143 Å². The Morgan fingerprint density at radius 2 is 2.00 bits per heavy atom. The van der Waals surface area contributed by atoms with Gasteiger partial charge in [-0.05, 0) is 30.2 Å². The van der Waals surface area contributed by atoms with E-state index in [1.165, 1.54) is 6.07 Å². The number of ether oxygens (including phenoxy) is 1. The summed E-state index contributed by atoms with van der Waals surface area (Å²) < 4.78 is 4.62. The van der Waals surface area contributed by atoms with Gasteiger partial charge in [0, 0.05) is 36.4 Å². The zero-order valence-electron chi connectivity index (χ0n) is 12.8. The van der Waals surface area contributed by atoms with Crippen molar-refractivity contribution < 1.29 is 29.3 Å². The number of carbonyl (C=O) groups excluding carboxylic acids is 2. The molecule has 0 amide bonds. The summed E-state index contributed by atoms with van der Waals surface area (Å²) in [5.41, 5.74) is 7.26. The summed E-state index contributed by atoms with van der Waals surface area (Å²) in [4.78, 5) is 36.7. The van der Waals surface area contributed by atoms with Crippen LogP contribution in [0.3, 0.4) is 0 Å². The number of rotatable bonds is 7. The number of phenolic OH excluding ortho intramolecular Hbond substituents is 1. The summed E-state index contributed by atoms with van der Waals surface area (Å²) in [5.74, 6) is -2.60. The number of carbonyl (C=O) groups is 3. The van der Waals surface area contributed by atoms with E-state index in [2.05, 4.69) is 9.72 Å². The second kappa shape index (κ2) is 7.60. The lowest BCUT2D eigenvalue weighted by molar-refractivity contribution is -0.160. The van der Waals surface area contributed by atoms with Gasteiger partial charge < -0.3 is 25.7 Å². The minimum atomic E-state index is -1.05. The molecule has 8 nitrogen and oxygen atoms in total. The zero-order valence-corrected chi connectivity index (χ0v) is 12.8. The van der Waals surface area contributed by atoms with Gasteiger partial charge in [-0.2, -0.15) is 0 Å². The Hall–Kier alpha value is -2.87. The Morgan fingerprint density at radius 1 is 1.25 bits per heavy atom. The van der Waals surface area contributed by atoms with Gasteiger partial charge in [-0.15, -0.1) is 0 Å². The Morgan fingerprint density at radius 3 is 2.71 bits per heavy atom. The van der Waals surface area contributed by atoms with E-state index in [-0.39, 0.29) is 31.4 Å². The molecule has 0 bridgehead atoms. The molecular formula is C16H18N2O6. The van der Waals surface area contributed by atoms with Gasteiger partial charge in [-0.1, -0.05) is 0 Å². The first kappa shape index (κ1) is 17.5. The molecule has 0 saturated heterocycles. The van der Waals surface area contributed by atoms with Gasteiger partial charge in [0.25, 0.3) is 0 Å². The third-order valence-corrected chi connectivity index (χ3v) is 3.48. The van der Waals surface area contributed by atoms with Crippen molar-refractivity contribution >= 4 is 28.8 Å². The third kappa shape index (κ3) is 4.56. The molecule has 0 spiro atoms. The molecule has 0 aliphatic rings. The highest BCUT2D eigenvalue weighted by Crippen LogP contribution is 2.23. The van der Waals surface area contributed by atoms with Crippen LogP contribution < -0.4 is 5.73 Å². The predicted molar refractivity (Wildman–Crippen MR) is 84.2 cm³/mol. The molecular weight excluding hydrogens is 316 g/mol. The molecule has 1 unspecified atom stereocenters. The first-order chi connectivity index (χ1) is 11.4. The largest absolute Gasteiger partial charge is 0.508 e. The summed E-state index contributed by atoms with van der Waals surface area (Å²) >= 11 is 0. The number of nitrogens with two attached hydrogens (primary N) is 1. The number of benzene rings is 1. The van der Waals surface area contributed by atoms with Crippen LogP contribution in [0.4, 0.5) is 0 Å². The van der Waals surface area contributed by atoms with Crippen LogP contribution in [0.25, 0.3) is 10.9 Å². The lowest BCUT2D eigenvalue weighted by Crippen LogP contribution is -2.35. The van der Waals surface area contributed by atoms with E-state index in [9.17, 15) is 19.5 Å². The number of nitrogens with one attached hydrogen (secondary N) is 1. The molecule has 0 aliphatic heterocycles. The number of aromatic hydroxyl groups is 1. The maximum atomic E-state index is 11.8. The number of aliphatic carboxylic acids is 1. The van der Waals surface area contributed by atoms with Crippen LogP contribution in [0.15, 0.2) is 24.4 Å². The maximum Gasteiger partial charge on any atom is 0.330 e. The predicted octanol–water partition coefficient (Wildman–Crippen LogP) is 1.07. The molecule has 1 atom stereocenters. The lowest BCUT2D eigenvalue weighted by atomic mass is 10.1. The lowest BCUT2D eigenvalue weighted by Gasteiger charge is -2.10. The van der Waals surface area contributed by atoms with Crippen LogP contribution in [0, 0.1) is 0 Å². The molecule has 2 aromatic rings. The summed E-state index contributed by atoms with van der Waals surface area (Å²) in [6, 6.07) is 3.74. The molecule has 2 rings (SSSR count). The minimum Gasteiger partial charge on any atom is -0.508 e. The number of hydrogen-bond acceptors (Lipinski definition) is 6. The highest BCUT2D eigenvalue weighted by atomic mass is 16.6. The fraction of sp³-hybridized carbons (Fsp3) is 0.312. The highest BCUT2D eigenvalue weighted by molar-refractivity contribution is 5.90. The van der Waals surface area contributed by atoms with Crippen molar-refractivity contribution in [1.29, 1.82) is 0 Å². The van der Waals surface area contributed by atoms with E-state index >= 15 is 0 Å². The number of aromatic amines is 1. The Balaban J connectivity index is 1.92. The molecule has 8 heteroatoms. The Bertz CT molecular complexity index is 767. The SMILES string of the molecule is NC(Cc1c[nH]c2ccc(O)cc12)C(=O)OC(=O)CCCC(=O)O. The van der Waals surface area contributed by atoms with Gasteiger partial charge in [0.15, 0.2) is 0 Å². The third-order valence-electron chi connectivity index (χ3n) is 3.48. The number of carboxylic acids is 1. The van der Waals surface area contributed by atoms with E-state index in [4.69, 9.17) is 10.8 Å². The second-order valence-corrected chi connectivity index (χ2v) is 5.39. The van der Waals surface area contributed by atoms with Gasteiger partial charge in [0.05, 0.1) is 0 Å². The van der Waals surface area contributed by atoms with Crippen molar-refractivity contribution in [3.8, 4) is 5.75 Å². The zero-order chi connectivity index (χ0) is 17.7. The van der Waals surface area contributed by atoms with E-state index in [0.717, 1.165) is 10.9 Å². The van der Waals surface area contributed by atoms with Crippen LogP contribution >= 0.6 is 0 Å². The second-order valence-electron chi connectivity index (χ2n) is 5.39. The van der Waals surface area contributed by atoms with Gasteiger partial charge in [-0.3, -0.25) is 9.59 Å². The van der Waals surface area contributed by atoms with Crippen LogP contribution in [0.5, 0.6) is 5.75 Å². The highest BCUT2D eigenvalue weighted by Gasteiger charge is 2.20. The van der Waals surface area contributed by atoms with Crippen LogP contribution in [-0.4, -0.2) is 39.1 Å². The molecule has 0 saturated carbocycles. The fourth-order valence-electron chi connectivity index (χ4n) is 2.28. The van der Waals surface area contributed by atoms with Crippen molar-refractivity contribution in [3.63, 3.8) is 0 Å². The minimum absolute atomic E-state index is 0.0908. The van der Waals surface area contributed by atoms with E-state index < -0.39 is 23.9 Å². The average Bonchev–Trinajstić information content (AvgIpc) is 2.89. The number of phenols is 1. The molecule has 0 radical (unpaired) electrons. The molecule has 0 fully saturated rings. The number of aromatic nitrogens is 1. The molecule has 24 heavy (non-hydrogen) atoms. The normalized spacial score (nSPS) is 12.0. The van der Waals surface area contributed by atoms with Crippen LogP contribution in [0.1, 0.15) is 24.8 Å². The first-order valence-corrected chi connectivity index (χ1v) is 7.37. The molecule has 1 aromatic carbocycles. The Kier molecular flexibility index (Phi) is 5.54. The monoisotopic (exact) mass is 334 g/mol. The molecule has 1 aromatic heterocycles. The maximum absolute atomic E-state index is 11.8.